The van der Waals surface area contributed by atoms with Crippen molar-refractivity contribution in [2.75, 3.05) is 0 Å². The van der Waals surface area contributed by atoms with Gasteiger partial charge in [-0.15, -0.1) is 0 Å². The van der Waals surface area contributed by atoms with Crippen LogP contribution in [0.2, 0.25) is 5.02 Å². The molecule has 17 heavy (non-hydrogen) atoms. The van der Waals surface area contributed by atoms with Gasteiger partial charge in [0.25, 0.3) is 0 Å². The summed E-state index contributed by atoms with van der Waals surface area (Å²) in [5.41, 5.74) is 0.0794. The van der Waals surface area contributed by atoms with E-state index in [1.807, 2.05) is 0 Å². The molecule has 0 aliphatic rings. The van der Waals surface area contributed by atoms with Crippen LogP contribution < -0.4 is 0 Å². The Labute approximate surface area is 113 Å². The Hall–Kier alpha value is -0.270. The van der Waals surface area contributed by atoms with E-state index in [9.17, 15) is 16.5 Å². The Morgan fingerprint density at radius 1 is 1.24 bits per heavy atom. The van der Waals surface area contributed by atoms with Gasteiger partial charge in [-0.05, 0) is 12.1 Å². The Kier molecular flexibility index (Phi) is 5.75. The number of hydrogen-bond donors (Lipinski definition) is 0. The highest BCUT2D eigenvalue weighted by Gasteiger charge is 2.40. The Balaban J connectivity index is 3.26. The summed E-state index contributed by atoms with van der Waals surface area (Å²) in [5.74, 6) is 0. The van der Waals surface area contributed by atoms with Gasteiger partial charge < -0.3 is 0 Å². The molecule has 92 valence electrons. The molecule has 0 fully saturated rings. The average Bonchev–Trinajstić information content (AvgIpc) is 2.34. The van der Waals surface area contributed by atoms with Crippen molar-refractivity contribution in [3.63, 3.8) is 0 Å². The van der Waals surface area contributed by atoms with E-state index in [1.165, 1.54) is 24.3 Å². The van der Waals surface area contributed by atoms with Gasteiger partial charge in [0, 0.05) is 10.6 Å². The first-order chi connectivity index (χ1) is 8.13. The predicted octanol–water partition coefficient (Wildman–Crippen LogP) is 5.27. The van der Waals surface area contributed by atoms with E-state index >= 15 is 0 Å². The smallest absolute Gasteiger partial charge is 0.211 e. The van der Waals surface area contributed by atoms with Crippen molar-refractivity contribution < 1.29 is 16.5 Å². The van der Waals surface area contributed by atoms with E-state index in [2.05, 4.69) is 4.99 Å². The van der Waals surface area contributed by atoms with Crippen LogP contribution in [0.4, 0.5) is 17.3 Å². The van der Waals surface area contributed by atoms with Gasteiger partial charge in [0.1, 0.15) is 0 Å². The second-order valence-corrected chi connectivity index (χ2v) is 6.14. The average molecular weight is 318 g/mol. The lowest BCUT2D eigenvalue weighted by Crippen LogP contribution is -2.08. The lowest BCUT2D eigenvalue weighted by Gasteiger charge is -2.20. The SMILES string of the molecule is O=C=Nc1ccc(C(SF)(SF)SF)c(Cl)c1. The third-order valence-corrected chi connectivity index (χ3v) is 4.48. The largest absolute Gasteiger partial charge is 0.240 e. The van der Waals surface area contributed by atoms with Gasteiger partial charge in [-0.25, -0.2) is 4.79 Å². The molecule has 0 aliphatic carbocycles. The van der Waals surface area contributed by atoms with Crippen LogP contribution in [0.25, 0.3) is 0 Å². The fourth-order valence-electron chi connectivity index (χ4n) is 1.03. The van der Waals surface area contributed by atoms with Crippen molar-refractivity contribution in [3.8, 4) is 0 Å². The topological polar surface area (TPSA) is 29.4 Å². The summed E-state index contributed by atoms with van der Waals surface area (Å²) >= 11 is 4.22. The van der Waals surface area contributed by atoms with E-state index in [1.54, 1.807) is 0 Å². The van der Waals surface area contributed by atoms with Crippen molar-refractivity contribution in [1.29, 1.82) is 0 Å². The second-order valence-electron chi connectivity index (χ2n) is 2.65. The third kappa shape index (κ3) is 3.14. The normalized spacial score (nSPS) is 11.1. The van der Waals surface area contributed by atoms with E-state index < -0.39 is 39.9 Å². The summed E-state index contributed by atoms with van der Waals surface area (Å²) < 4.78 is 35.9. The van der Waals surface area contributed by atoms with Crippen LogP contribution in [0, 0.1) is 0 Å². The molecule has 1 aromatic rings. The molecule has 0 unspecified atom stereocenters. The molecule has 0 aliphatic heterocycles. The van der Waals surface area contributed by atoms with Crippen LogP contribution in [0.5, 0.6) is 0 Å². The maximum atomic E-state index is 12.7. The minimum absolute atomic E-state index is 0.0866. The summed E-state index contributed by atoms with van der Waals surface area (Å²) in [6, 6.07) is 3.67. The predicted molar refractivity (Wildman–Crippen MR) is 67.0 cm³/mol. The summed E-state index contributed by atoms with van der Waals surface area (Å²) in [7, 11) is 0. The highest BCUT2D eigenvalue weighted by molar-refractivity contribution is 8.28. The van der Waals surface area contributed by atoms with Crippen molar-refractivity contribution in [1.82, 2.24) is 0 Å². The van der Waals surface area contributed by atoms with E-state index in [-0.39, 0.29) is 16.3 Å². The number of isocyanates is 1. The van der Waals surface area contributed by atoms with Gasteiger partial charge in [-0.1, -0.05) is 17.7 Å². The monoisotopic (exact) mass is 317 g/mol. The zero-order valence-electron chi connectivity index (χ0n) is 7.82. The zero-order chi connectivity index (χ0) is 12.9. The molecule has 2 nitrogen and oxygen atoms in total. The van der Waals surface area contributed by atoms with Gasteiger partial charge in [-0.2, -0.15) is 16.6 Å². The maximum absolute atomic E-state index is 12.7. The summed E-state index contributed by atoms with van der Waals surface area (Å²) in [5, 5.41) is -0.0954. The summed E-state index contributed by atoms with van der Waals surface area (Å²) in [4.78, 5) is 13.3. The van der Waals surface area contributed by atoms with Gasteiger partial charge in [0.15, 0.2) is 0 Å². The Bertz CT molecular complexity index is 443. The van der Waals surface area contributed by atoms with Gasteiger partial charge in [0.05, 0.1) is 42.1 Å². The summed E-state index contributed by atoms with van der Waals surface area (Å²) in [6.45, 7) is 0. The van der Waals surface area contributed by atoms with Crippen molar-refractivity contribution in [2.24, 2.45) is 4.99 Å². The fraction of sp³-hybridized carbons (Fsp3) is 0.125. The van der Waals surface area contributed by atoms with Gasteiger partial charge in [0.2, 0.25) is 9.49 Å². The minimum atomic E-state index is -2.12. The molecule has 0 saturated heterocycles. The first kappa shape index (κ1) is 14.8. The fourth-order valence-corrected chi connectivity index (χ4v) is 2.59. The number of nitrogens with zero attached hydrogens (tertiary/aromatic N) is 1. The summed E-state index contributed by atoms with van der Waals surface area (Å²) in [6.07, 6.45) is 1.29. The molecule has 1 rings (SSSR count). The van der Waals surface area contributed by atoms with E-state index in [0.717, 1.165) is 0 Å². The second kappa shape index (κ2) is 6.61. The molecule has 0 N–H and O–H groups in total. The Morgan fingerprint density at radius 2 is 1.82 bits per heavy atom. The number of benzene rings is 1. The van der Waals surface area contributed by atoms with Crippen LogP contribution in [-0.2, 0) is 8.21 Å². The lowest BCUT2D eigenvalue weighted by molar-refractivity contribution is 0.565. The van der Waals surface area contributed by atoms with E-state index in [4.69, 9.17) is 11.6 Å². The molecule has 9 heteroatoms. The van der Waals surface area contributed by atoms with Crippen molar-refractivity contribution >= 4 is 59.8 Å². The maximum Gasteiger partial charge on any atom is 0.240 e. The van der Waals surface area contributed by atoms with Crippen LogP contribution in [-0.4, -0.2) is 6.08 Å². The van der Waals surface area contributed by atoms with Crippen LogP contribution in [0.15, 0.2) is 23.2 Å². The molecular formula is C8H3ClF3NOS3. The Morgan fingerprint density at radius 3 is 2.24 bits per heavy atom. The van der Waals surface area contributed by atoms with Crippen LogP contribution in [0.1, 0.15) is 5.56 Å². The van der Waals surface area contributed by atoms with E-state index in [0.29, 0.717) is 0 Å². The number of carbonyl (C=O) groups excluding carboxylic acids is 1. The molecule has 1 aromatic carbocycles. The molecule has 0 bridgehead atoms. The zero-order valence-corrected chi connectivity index (χ0v) is 11.0. The quantitative estimate of drug-likeness (QED) is 0.420. The first-order valence-corrected chi connectivity index (χ1v) is 6.43. The molecular weight excluding hydrogens is 315 g/mol. The third-order valence-electron chi connectivity index (χ3n) is 1.76. The molecule has 0 spiro atoms. The van der Waals surface area contributed by atoms with Crippen LogP contribution in [0.3, 0.4) is 0 Å². The van der Waals surface area contributed by atoms with Crippen molar-refractivity contribution in [3.05, 3.63) is 28.8 Å². The lowest BCUT2D eigenvalue weighted by atomic mass is 10.2. The molecule has 0 saturated carbocycles. The standard InChI is InChI=1S/C8H3ClF3NOS3/c9-7-3-5(13-4-14)1-2-6(7)8(15-10,16-11)17-12/h1-3H. The number of aliphatic imine (C=N–C) groups is 1. The highest BCUT2D eigenvalue weighted by Crippen LogP contribution is 2.58. The minimum Gasteiger partial charge on any atom is -0.211 e. The van der Waals surface area contributed by atoms with Crippen LogP contribution >= 0.6 is 48.0 Å². The van der Waals surface area contributed by atoms with Gasteiger partial charge >= 0.3 is 0 Å². The highest BCUT2D eigenvalue weighted by atomic mass is 35.5. The van der Waals surface area contributed by atoms with Gasteiger partial charge in [-0.3, -0.25) is 0 Å². The molecule has 0 atom stereocenters. The molecule has 0 amide bonds. The number of halogens is 4. The first-order valence-electron chi connectivity index (χ1n) is 3.90. The van der Waals surface area contributed by atoms with Crippen molar-refractivity contribution in [2.45, 2.75) is 3.41 Å². The molecule has 0 aromatic heterocycles. The number of rotatable bonds is 5. The molecule has 0 heterocycles. The molecule has 0 radical (unpaired) electrons. The number of hydrogen-bond acceptors (Lipinski definition) is 5.